The van der Waals surface area contributed by atoms with Gasteiger partial charge >= 0.3 is 5.97 Å². The standard InChI is InChI=1S/C15H21NO4/c1-19-14-4-2-12(3-5-14)10-13(11-15(17)18)16-6-8-20-9-7-16/h2-5,13H,6-11H2,1H3,(H,17,18). The van der Waals surface area contributed by atoms with Crippen LogP contribution in [-0.2, 0) is 16.0 Å². The van der Waals surface area contributed by atoms with Crippen LogP contribution in [-0.4, -0.2) is 55.4 Å². The van der Waals surface area contributed by atoms with E-state index in [-0.39, 0.29) is 12.5 Å². The molecule has 1 saturated heterocycles. The Kier molecular flexibility index (Phi) is 5.38. The van der Waals surface area contributed by atoms with Crippen LogP contribution in [0.15, 0.2) is 24.3 Å². The SMILES string of the molecule is COc1ccc(CC(CC(=O)O)N2CCOCC2)cc1. The van der Waals surface area contributed by atoms with Gasteiger partial charge in [-0.05, 0) is 24.1 Å². The molecule has 0 bridgehead atoms. The second-order valence-electron chi connectivity index (χ2n) is 4.95. The number of carbonyl (C=O) groups is 1. The molecule has 1 N–H and O–H groups in total. The molecule has 1 aliphatic rings. The first kappa shape index (κ1) is 14.8. The summed E-state index contributed by atoms with van der Waals surface area (Å²) in [5.41, 5.74) is 1.13. The summed E-state index contributed by atoms with van der Waals surface area (Å²) >= 11 is 0. The van der Waals surface area contributed by atoms with Gasteiger partial charge in [-0.3, -0.25) is 9.69 Å². The molecule has 1 unspecified atom stereocenters. The monoisotopic (exact) mass is 279 g/mol. The number of methoxy groups -OCH3 is 1. The first-order chi connectivity index (χ1) is 9.69. The number of nitrogens with zero attached hydrogens (tertiary/aromatic N) is 1. The molecule has 0 radical (unpaired) electrons. The predicted octanol–water partition coefficient (Wildman–Crippen LogP) is 1.41. The van der Waals surface area contributed by atoms with Crippen LogP contribution in [0.25, 0.3) is 0 Å². The van der Waals surface area contributed by atoms with Crippen LogP contribution in [0.5, 0.6) is 5.75 Å². The summed E-state index contributed by atoms with van der Waals surface area (Å²) in [6.07, 6.45) is 0.891. The molecule has 110 valence electrons. The average molecular weight is 279 g/mol. The number of morpholine rings is 1. The van der Waals surface area contributed by atoms with Gasteiger partial charge in [-0.1, -0.05) is 12.1 Å². The third-order valence-electron chi connectivity index (χ3n) is 3.60. The first-order valence-electron chi connectivity index (χ1n) is 6.85. The van der Waals surface area contributed by atoms with Crippen molar-refractivity contribution in [1.29, 1.82) is 0 Å². The fraction of sp³-hybridized carbons (Fsp3) is 0.533. The molecule has 20 heavy (non-hydrogen) atoms. The van der Waals surface area contributed by atoms with Crippen LogP contribution in [0.4, 0.5) is 0 Å². The molecule has 0 aliphatic carbocycles. The van der Waals surface area contributed by atoms with Gasteiger partial charge < -0.3 is 14.6 Å². The Morgan fingerprint density at radius 3 is 2.55 bits per heavy atom. The van der Waals surface area contributed by atoms with E-state index in [4.69, 9.17) is 14.6 Å². The van der Waals surface area contributed by atoms with Crippen molar-refractivity contribution in [3.05, 3.63) is 29.8 Å². The molecular weight excluding hydrogens is 258 g/mol. The number of benzene rings is 1. The zero-order valence-electron chi connectivity index (χ0n) is 11.7. The van der Waals surface area contributed by atoms with Crippen LogP contribution in [0.1, 0.15) is 12.0 Å². The Balaban J connectivity index is 2.03. The van der Waals surface area contributed by atoms with Crippen molar-refractivity contribution in [3.8, 4) is 5.75 Å². The molecule has 1 aliphatic heterocycles. The van der Waals surface area contributed by atoms with Gasteiger partial charge in [-0.2, -0.15) is 0 Å². The summed E-state index contributed by atoms with van der Waals surface area (Å²) in [5, 5.41) is 9.10. The molecule has 1 aromatic carbocycles. The maximum absolute atomic E-state index is 11.1. The molecule has 1 atom stereocenters. The molecule has 5 nitrogen and oxygen atoms in total. The van der Waals surface area contributed by atoms with Crippen molar-refractivity contribution in [3.63, 3.8) is 0 Å². The van der Waals surface area contributed by atoms with E-state index in [0.29, 0.717) is 13.2 Å². The maximum Gasteiger partial charge on any atom is 0.304 e. The number of hydrogen-bond donors (Lipinski definition) is 1. The van der Waals surface area contributed by atoms with Gasteiger partial charge in [0.2, 0.25) is 0 Å². The largest absolute Gasteiger partial charge is 0.497 e. The summed E-state index contributed by atoms with van der Waals surface area (Å²) in [6.45, 7) is 2.96. The lowest BCUT2D eigenvalue weighted by Crippen LogP contribution is -2.45. The molecule has 0 aromatic heterocycles. The smallest absolute Gasteiger partial charge is 0.304 e. The third kappa shape index (κ3) is 4.21. The van der Waals surface area contributed by atoms with E-state index < -0.39 is 5.97 Å². The molecule has 5 heteroatoms. The van der Waals surface area contributed by atoms with E-state index >= 15 is 0 Å². The minimum atomic E-state index is -0.755. The summed E-state index contributed by atoms with van der Waals surface area (Å²) in [7, 11) is 1.63. The lowest BCUT2D eigenvalue weighted by atomic mass is 10.0. The fourth-order valence-electron chi connectivity index (χ4n) is 2.51. The molecular formula is C15H21NO4. The molecule has 0 saturated carbocycles. The van der Waals surface area contributed by atoms with Gasteiger partial charge in [-0.15, -0.1) is 0 Å². The second kappa shape index (κ2) is 7.26. The molecule has 0 spiro atoms. The van der Waals surface area contributed by atoms with Crippen LogP contribution < -0.4 is 4.74 Å². The van der Waals surface area contributed by atoms with Gasteiger partial charge in [0.15, 0.2) is 0 Å². The lowest BCUT2D eigenvalue weighted by Gasteiger charge is -2.33. The van der Waals surface area contributed by atoms with Gasteiger partial charge in [-0.25, -0.2) is 0 Å². The summed E-state index contributed by atoms with van der Waals surface area (Å²) < 4.78 is 10.5. The van der Waals surface area contributed by atoms with E-state index in [1.54, 1.807) is 7.11 Å². The summed E-state index contributed by atoms with van der Waals surface area (Å²) in [6, 6.07) is 7.83. The number of ether oxygens (including phenoxy) is 2. The van der Waals surface area contributed by atoms with Crippen molar-refractivity contribution in [2.45, 2.75) is 18.9 Å². The van der Waals surface area contributed by atoms with Gasteiger partial charge in [0.05, 0.1) is 26.7 Å². The highest BCUT2D eigenvalue weighted by atomic mass is 16.5. The molecule has 0 amide bonds. The van der Waals surface area contributed by atoms with E-state index in [1.165, 1.54) is 0 Å². The van der Waals surface area contributed by atoms with Crippen molar-refractivity contribution in [2.24, 2.45) is 0 Å². The topological polar surface area (TPSA) is 59.0 Å². The quantitative estimate of drug-likeness (QED) is 0.853. The van der Waals surface area contributed by atoms with E-state index in [1.807, 2.05) is 24.3 Å². The molecule has 1 fully saturated rings. The molecule has 1 aromatic rings. The Labute approximate surface area is 119 Å². The predicted molar refractivity (Wildman–Crippen MR) is 75.1 cm³/mol. The number of aliphatic carboxylic acids is 1. The van der Waals surface area contributed by atoms with Crippen LogP contribution in [0.2, 0.25) is 0 Å². The van der Waals surface area contributed by atoms with Crippen molar-refractivity contribution in [2.75, 3.05) is 33.4 Å². The van der Waals surface area contributed by atoms with Crippen LogP contribution in [0.3, 0.4) is 0 Å². The zero-order valence-corrected chi connectivity index (χ0v) is 11.7. The minimum absolute atomic E-state index is 0.0183. The van der Waals surface area contributed by atoms with E-state index in [0.717, 1.165) is 30.8 Å². The Bertz CT molecular complexity index is 426. The van der Waals surface area contributed by atoms with Crippen molar-refractivity contribution >= 4 is 5.97 Å². The molecule has 2 rings (SSSR count). The summed E-state index contributed by atoms with van der Waals surface area (Å²) in [4.78, 5) is 13.3. The highest BCUT2D eigenvalue weighted by Crippen LogP contribution is 2.17. The number of carboxylic acid groups (broad SMARTS) is 1. The average Bonchev–Trinajstić information content (AvgIpc) is 2.48. The second-order valence-corrected chi connectivity index (χ2v) is 4.95. The Hall–Kier alpha value is -1.59. The fourth-order valence-corrected chi connectivity index (χ4v) is 2.51. The van der Waals surface area contributed by atoms with Gasteiger partial charge in [0.1, 0.15) is 5.75 Å². The summed E-state index contributed by atoms with van der Waals surface area (Å²) in [5.74, 6) is 0.0601. The lowest BCUT2D eigenvalue weighted by molar-refractivity contribution is -0.138. The van der Waals surface area contributed by atoms with Gasteiger partial charge in [0, 0.05) is 19.1 Å². The highest BCUT2D eigenvalue weighted by Gasteiger charge is 2.23. The number of rotatable bonds is 6. The van der Waals surface area contributed by atoms with E-state index in [9.17, 15) is 4.79 Å². The maximum atomic E-state index is 11.1. The third-order valence-corrected chi connectivity index (χ3v) is 3.60. The zero-order chi connectivity index (χ0) is 14.4. The first-order valence-corrected chi connectivity index (χ1v) is 6.85. The van der Waals surface area contributed by atoms with Crippen molar-refractivity contribution in [1.82, 2.24) is 4.90 Å². The van der Waals surface area contributed by atoms with E-state index in [2.05, 4.69) is 4.90 Å². The Morgan fingerprint density at radius 1 is 1.35 bits per heavy atom. The van der Waals surface area contributed by atoms with Crippen molar-refractivity contribution < 1.29 is 19.4 Å². The minimum Gasteiger partial charge on any atom is -0.497 e. The highest BCUT2D eigenvalue weighted by molar-refractivity contribution is 5.67. The normalized spacial score (nSPS) is 17.6. The Morgan fingerprint density at radius 2 is 2.00 bits per heavy atom. The number of hydrogen-bond acceptors (Lipinski definition) is 4. The van der Waals surface area contributed by atoms with Crippen LogP contribution >= 0.6 is 0 Å². The molecule has 1 heterocycles. The van der Waals surface area contributed by atoms with Gasteiger partial charge in [0.25, 0.3) is 0 Å². The van der Waals surface area contributed by atoms with Crippen LogP contribution in [0, 0.1) is 0 Å². The number of carboxylic acids is 1.